The minimum absolute atomic E-state index is 0.105. The molecule has 1 N–H and O–H groups in total. The maximum absolute atomic E-state index is 12.2. The number of hydrogen-bond acceptors (Lipinski definition) is 2. The zero-order valence-electron chi connectivity index (χ0n) is 18.3. The van der Waals surface area contributed by atoms with Crippen molar-refractivity contribution < 1.29 is 4.79 Å². The van der Waals surface area contributed by atoms with Crippen LogP contribution in [-0.2, 0) is 24.2 Å². The van der Waals surface area contributed by atoms with Crippen molar-refractivity contribution in [1.82, 2.24) is 14.9 Å². The Hall–Kier alpha value is -3.66. The number of aryl methyl sites for hydroxylation is 2. The molecule has 1 amide bonds. The van der Waals surface area contributed by atoms with Crippen molar-refractivity contribution in [3.8, 4) is 0 Å². The number of amides is 1. The van der Waals surface area contributed by atoms with Crippen LogP contribution < -0.4 is 5.32 Å². The Morgan fingerprint density at radius 2 is 1.59 bits per heavy atom. The van der Waals surface area contributed by atoms with E-state index in [0.29, 0.717) is 13.0 Å². The van der Waals surface area contributed by atoms with Crippen molar-refractivity contribution in [2.45, 2.75) is 32.2 Å². The summed E-state index contributed by atoms with van der Waals surface area (Å²) in [6.45, 7) is 1.44. The largest absolute Gasteiger partial charge is 0.356 e. The monoisotopic (exact) mass is 423 g/mol. The zero-order chi connectivity index (χ0) is 22.0. The van der Waals surface area contributed by atoms with Crippen molar-refractivity contribution in [3.05, 3.63) is 108 Å². The van der Waals surface area contributed by atoms with E-state index in [1.807, 2.05) is 42.5 Å². The number of benzene rings is 3. The van der Waals surface area contributed by atoms with Gasteiger partial charge in [0.25, 0.3) is 0 Å². The topological polar surface area (TPSA) is 46.9 Å². The number of carbonyl (C=O) groups excluding carboxylic acids is 1. The predicted octanol–water partition coefficient (Wildman–Crippen LogP) is 5.43. The maximum atomic E-state index is 12.2. The number of nitrogens with zero attached hydrogens (tertiary/aromatic N) is 2. The fourth-order valence-corrected chi connectivity index (χ4v) is 3.84. The number of nitrogens with one attached hydrogen (secondary N) is 1. The first-order valence-electron chi connectivity index (χ1n) is 11.3. The van der Waals surface area contributed by atoms with Gasteiger partial charge in [0.2, 0.25) is 5.91 Å². The number of aromatic nitrogens is 2. The molecule has 0 bridgehead atoms. The summed E-state index contributed by atoms with van der Waals surface area (Å²) >= 11 is 0. The summed E-state index contributed by atoms with van der Waals surface area (Å²) in [6, 6.07) is 28.7. The summed E-state index contributed by atoms with van der Waals surface area (Å²) in [5.74, 6) is 1.16. The van der Waals surface area contributed by atoms with Crippen LogP contribution in [0, 0.1) is 0 Å². The minimum atomic E-state index is 0.105. The standard InChI is InChI=1S/C28H29N3O/c32-28(20-19-24-13-5-2-6-14-24)29-21-9-18-27-30-25-16-7-8-17-26(25)31(27)22-10-15-23-11-3-1-4-12-23/h1-8,10-17H,9,18-22H2,(H,29,32)/b15-10+. The van der Waals surface area contributed by atoms with Gasteiger partial charge in [-0.05, 0) is 36.1 Å². The summed E-state index contributed by atoms with van der Waals surface area (Å²) in [4.78, 5) is 17.0. The van der Waals surface area contributed by atoms with Gasteiger partial charge in [0, 0.05) is 25.9 Å². The van der Waals surface area contributed by atoms with Crippen LogP contribution in [0.1, 0.15) is 29.8 Å². The highest BCUT2D eigenvalue weighted by Crippen LogP contribution is 2.17. The molecule has 4 rings (SSSR count). The summed E-state index contributed by atoms with van der Waals surface area (Å²) in [5, 5.41) is 3.05. The second-order valence-corrected chi connectivity index (χ2v) is 7.88. The summed E-state index contributed by atoms with van der Waals surface area (Å²) in [6.07, 6.45) is 7.31. The fraction of sp³-hybridized carbons (Fsp3) is 0.214. The second kappa shape index (κ2) is 11.1. The van der Waals surface area contributed by atoms with Crippen LogP contribution >= 0.6 is 0 Å². The van der Waals surface area contributed by atoms with E-state index in [0.717, 1.165) is 42.7 Å². The summed E-state index contributed by atoms with van der Waals surface area (Å²) in [5.41, 5.74) is 4.55. The highest BCUT2D eigenvalue weighted by atomic mass is 16.1. The fourth-order valence-electron chi connectivity index (χ4n) is 3.84. The molecule has 0 radical (unpaired) electrons. The number of allylic oxidation sites excluding steroid dienone is 1. The van der Waals surface area contributed by atoms with E-state index in [2.05, 4.69) is 64.5 Å². The third-order valence-electron chi connectivity index (χ3n) is 5.51. The maximum Gasteiger partial charge on any atom is 0.220 e. The van der Waals surface area contributed by atoms with Crippen LogP contribution in [0.4, 0.5) is 0 Å². The third kappa shape index (κ3) is 5.94. The highest BCUT2D eigenvalue weighted by molar-refractivity contribution is 5.76. The Balaban J connectivity index is 1.32. The van der Waals surface area contributed by atoms with Gasteiger partial charge in [-0.2, -0.15) is 0 Å². The van der Waals surface area contributed by atoms with Gasteiger partial charge < -0.3 is 9.88 Å². The molecular formula is C28H29N3O. The number of imidazole rings is 1. The van der Waals surface area contributed by atoms with Gasteiger partial charge in [0.1, 0.15) is 5.82 Å². The van der Waals surface area contributed by atoms with Crippen molar-refractivity contribution in [1.29, 1.82) is 0 Å². The van der Waals surface area contributed by atoms with Crippen LogP contribution in [-0.4, -0.2) is 22.0 Å². The van der Waals surface area contributed by atoms with Crippen LogP contribution in [0.25, 0.3) is 17.1 Å². The molecule has 0 spiro atoms. The molecule has 1 heterocycles. The SMILES string of the molecule is O=C(CCc1ccccc1)NCCCc1nc2ccccc2n1C/C=C/c1ccccc1. The number of hydrogen-bond donors (Lipinski definition) is 1. The molecule has 0 saturated heterocycles. The Morgan fingerprint density at radius 1 is 0.875 bits per heavy atom. The molecule has 32 heavy (non-hydrogen) atoms. The van der Waals surface area contributed by atoms with Gasteiger partial charge in [-0.3, -0.25) is 4.79 Å². The average molecular weight is 424 g/mol. The molecule has 4 aromatic rings. The molecule has 4 nitrogen and oxygen atoms in total. The molecule has 162 valence electrons. The van der Waals surface area contributed by atoms with Gasteiger partial charge in [0.15, 0.2) is 0 Å². The number of fused-ring (bicyclic) bond motifs is 1. The van der Waals surface area contributed by atoms with Crippen molar-refractivity contribution in [3.63, 3.8) is 0 Å². The lowest BCUT2D eigenvalue weighted by Crippen LogP contribution is -2.25. The Bertz CT molecular complexity index is 1160. The van der Waals surface area contributed by atoms with Crippen molar-refractivity contribution in [2.75, 3.05) is 6.54 Å². The molecule has 0 aliphatic carbocycles. The van der Waals surface area contributed by atoms with Gasteiger partial charge in [0.05, 0.1) is 11.0 Å². The Kier molecular flexibility index (Phi) is 7.48. The lowest BCUT2D eigenvalue weighted by Gasteiger charge is -2.08. The van der Waals surface area contributed by atoms with E-state index in [1.54, 1.807) is 0 Å². The first kappa shape index (κ1) is 21.6. The third-order valence-corrected chi connectivity index (χ3v) is 5.51. The normalized spacial score (nSPS) is 11.2. The first-order chi connectivity index (χ1) is 15.8. The van der Waals surface area contributed by atoms with Gasteiger partial charge in [-0.25, -0.2) is 4.98 Å². The van der Waals surface area contributed by atoms with Crippen LogP contribution in [0.5, 0.6) is 0 Å². The zero-order valence-corrected chi connectivity index (χ0v) is 18.3. The molecule has 0 saturated carbocycles. The minimum Gasteiger partial charge on any atom is -0.356 e. The van der Waals surface area contributed by atoms with E-state index in [1.165, 1.54) is 11.1 Å². The number of para-hydroxylation sites is 2. The molecular weight excluding hydrogens is 394 g/mol. The molecule has 1 aromatic heterocycles. The average Bonchev–Trinajstić information content (AvgIpc) is 3.19. The van der Waals surface area contributed by atoms with Crippen LogP contribution in [0.15, 0.2) is 91.0 Å². The number of rotatable bonds is 10. The van der Waals surface area contributed by atoms with Gasteiger partial charge >= 0.3 is 0 Å². The van der Waals surface area contributed by atoms with Gasteiger partial charge in [-0.1, -0.05) is 84.9 Å². The molecule has 0 atom stereocenters. The highest BCUT2D eigenvalue weighted by Gasteiger charge is 2.09. The van der Waals surface area contributed by atoms with E-state index >= 15 is 0 Å². The lowest BCUT2D eigenvalue weighted by molar-refractivity contribution is -0.121. The van der Waals surface area contributed by atoms with E-state index < -0.39 is 0 Å². The van der Waals surface area contributed by atoms with Crippen LogP contribution in [0.3, 0.4) is 0 Å². The van der Waals surface area contributed by atoms with Gasteiger partial charge in [-0.15, -0.1) is 0 Å². The lowest BCUT2D eigenvalue weighted by atomic mass is 10.1. The molecule has 0 fully saturated rings. The van der Waals surface area contributed by atoms with E-state index in [9.17, 15) is 4.79 Å². The summed E-state index contributed by atoms with van der Waals surface area (Å²) in [7, 11) is 0. The Morgan fingerprint density at radius 3 is 2.41 bits per heavy atom. The van der Waals surface area contributed by atoms with E-state index in [4.69, 9.17) is 4.98 Å². The number of carbonyl (C=O) groups is 1. The molecule has 4 heteroatoms. The van der Waals surface area contributed by atoms with E-state index in [-0.39, 0.29) is 5.91 Å². The van der Waals surface area contributed by atoms with Crippen LogP contribution in [0.2, 0.25) is 0 Å². The molecule has 0 aliphatic heterocycles. The molecule has 0 unspecified atom stereocenters. The molecule has 0 aliphatic rings. The quantitative estimate of drug-likeness (QED) is 0.346. The van der Waals surface area contributed by atoms with Crippen molar-refractivity contribution >= 4 is 23.0 Å². The summed E-state index contributed by atoms with van der Waals surface area (Å²) < 4.78 is 2.27. The molecule has 3 aromatic carbocycles. The second-order valence-electron chi connectivity index (χ2n) is 7.88. The first-order valence-corrected chi connectivity index (χ1v) is 11.3. The van der Waals surface area contributed by atoms with Crippen molar-refractivity contribution in [2.24, 2.45) is 0 Å². The predicted molar refractivity (Wildman–Crippen MR) is 131 cm³/mol. The Labute approximate surface area is 189 Å². The smallest absolute Gasteiger partial charge is 0.220 e.